The third-order valence-corrected chi connectivity index (χ3v) is 5.27. The molecule has 2 aliphatic heterocycles. The number of piperidine rings is 1. The maximum absolute atomic E-state index is 4.73. The molecule has 0 amide bonds. The molecular formula is C15H30N2S. The summed E-state index contributed by atoms with van der Waals surface area (Å²) in [6.45, 7) is 16.5. The molecule has 0 aromatic carbocycles. The van der Waals surface area contributed by atoms with Gasteiger partial charge in [0.25, 0.3) is 0 Å². The van der Waals surface area contributed by atoms with Crippen LogP contribution in [-0.4, -0.2) is 46.4 Å². The van der Waals surface area contributed by atoms with Crippen molar-refractivity contribution in [2.24, 2.45) is 5.41 Å². The summed E-state index contributed by atoms with van der Waals surface area (Å²) in [6, 6.07) is 0. The van der Waals surface area contributed by atoms with Gasteiger partial charge >= 0.3 is 0 Å². The van der Waals surface area contributed by atoms with Crippen molar-refractivity contribution in [3.63, 3.8) is 0 Å². The van der Waals surface area contributed by atoms with E-state index in [9.17, 15) is 0 Å². The Morgan fingerprint density at radius 1 is 0.833 bits per heavy atom. The smallest absolute Gasteiger partial charge is 0.0583 e. The van der Waals surface area contributed by atoms with E-state index < -0.39 is 0 Å². The van der Waals surface area contributed by atoms with E-state index in [2.05, 4.69) is 44.4 Å². The molecule has 106 valence electrons. The van der Waals surface area contributed by atoms with Crippen LogP contribution in [0.5, 0.6) is 0 Å². The molecule has 2 fully saturated rings. The lowest BCUT2D eigenvalue weighted by molar-refractivity contribution is 0.0435. The first-order valence-corrected chi connectivity index (χ1v) is 7.80. The number of thiol groups is 1. The van der Waals surface area contributed by atoms with Crippen LogP contribution in [0, 0.1) is 5.41 Å². The van der Waals surface area contributed by atoms with Gasteiger partial charge in [-0.25, -0.2) is 0 Å². The average Bonchev–Trinajstić information content (AvgIpc) is 2.61. The lowest BCUT2D eigenvalue weighted by atomic mass is 9.77. The van der Waals surface area contributed by atoms with Gasteiger partial charge in [0.05, 0.1) is 4.87 Å². The fourth-order valence-corrected chi connectivity index (χ4v) is 3.63. The normalized spacial score (nSPS) is 27.0. The van der Waals surface area contributed by atoms with E-state index in [0.717, 1.165) is 0 Å². The maximum Gasteiger partial charge on any atom is 0.0583 e. The van der Waals surface area contributed by atoms with Crippen molar-refractivity contribution in [1.82, 2.24) is 9.80 Å². The van der Waals surface area contributed by atoms with E-state index in [4.69, 9.17) is 12.6 Å². The number of likely N-dealkylation sites (tertiary alicyclic amines) is 2. The molecule has 0 aromatic heterocycles. The van der Waals surface area contributed by atoms with Crippen molar-refractivity contribution in [2.75, 3.05) is 26.2 Å². The molecule has 0 bridgehead atoms. The van der Waals surface area contributed by atoms with Gasteiger partial charge in [0.15, 0.2) is 0 Å². The Morgan fingerprint density at radius 2 is 1.28 bits per heavy atom. The third kappa shape index (κ3) is 3.05. The highest BCUT2D eigenvalue weighted by atomic mass is 32.1. The SMILES string of the molecule is CC(C)(C)N1CCC2(CC1)CCN(C(C)(C)S)C2. The number of hydrogen-bond donors (Lipinski definition) is 1. The summed E-state index contributed by atoms with van der Waals surface area (Å²) in [6.07, 6.45) is 4.10. The number of nitrogens with zero attached hydrogens (tertiary/aromatic N) is 2. The molecule has 18 heavy (non-hydrogen) atoms. The van der Waals surface area contributed by atoms with Gasteiger partial charge in [-0.1, -0.05) is 0 Å². The molecular weight excluding hydrogens is 240 g/mol. The summed E-state index contributed by atoms with van der Waals surface area (Å²) < 4.78 is 0. The Kier molecular flexibility index (Phi) is 3.81. The molecule has 3 heteroatoms. The van der Waals surface area contributed by atoms with E-state index >= 15 is 0 Å². The summed E-state index contributed by atoms with van der Waals surface area (Å²) in [7, 11) is 0. The Hall–Kier alpha value is 0.270. The minimum atomic E-state index is 0.0463. The standard InChI is InChI=1S/C15H30N2S/c1-13(2,3)16-9-6-15(7-10-16)8-11-17(12-15)14(4,5)18/h18H,6-12H2,1-5H3. The van der Waals surface area contributed by atoms with Crippen LogP contribution in [0.3, 0.4) is 0 Å². The highest BCUT2D eigenvalue weighted by Gasteiger charge is 2.44. The molecule has 0 aliphatic carbocycles. The zero-order valence-electron chi connectivity index (χ0n) is 12.8. The zero-order valence-corrected chi connectivity index (χ0v) is 13.7. The maximum atomic E-state index is 4.73. The molecule has 0 N–H and O–H groups in total. The van der Waals surface area contributed by atoms with Gasteiger partial charge < -0.3 is 0 Å². The quantitative estimate of drug-likeness (QED) is 0.731. The molecule has 2 saturated heterocycles. The van der Waals surface area contributed by atoms with Gasteiger partial charge in [-0.2, -0.15) is 12.6 Å². The third-order valence-electron chi connectivity index (χ3n) is 4.98. The lowest BCUT2D eigenvalue weighted by Gasteiger charge is -2.45. The second kappa shape index (κ2) is 4.68. The fraction of sp³-hybridized carbons (Fsp3) is 1.00. The van der Waals surface area contributed by atoms with Crippen molar-refractivity contribution < 1.29 is 0 Å². The minimum Gasteiger partial charge on any atom is -0.298 e. The Balaban J connectivity index is 1.94. The van der Waals surface area contributed by atoms with Gasteiger partial charge in [-0.05, 0) is 72.4 Å². The first kappa shape index (κ1) is 14.7. The van der Waals surface area contributed by atoms with Crippen molar-refractivity contribution in [1.29, 1.82) is 0 Å². The number of hydrogen-bond acceptors (Lipinski definition) is 3. The van der Waals surface area contributed by atoms with Crippen LogP contribution in [0.2, 0.25) is 0 Å². The predicted molar refractivity (Wildman–Crippen MR) is 82.2 cm³/mol. The van der Waals surface area contributed by atoms with E-state index in [1.807, 2.05) is 0 Å². The summed E-state index contributed by atoms with van der Waals surface area (Å²) in [4.78, 5) is 5.25. The summed E-state index contributed by atoms with van der Waals surface area (Å²) in [5.41, 5.74) is 0.921. The van der Waals surface area contributed by atoms with Crippen LogP contribution >= 0.6 is 12.6 Å². The minimum absolute atomic E-state index is 0.0463. The molecule has 2 heterocycles. The van der Waals surface area contributed by atoms with Crippen LogP contribution in [0.15, 0.2) is 0 Å². The van der Waals surface area contributed by atoms with Crippen LogP contribution < -0.4 is 0 Å². The topological polar surface area (TPSA) is 6.48 Å². The molecule has 0 atom stereocenters. The van der Waals surface area contributed by atoms with Crippen molar-refractivity contribution in [3.05, 3.63) is 0 Å². The average molecular weight is 270 g/mol. The largest absolute Gasteiger partial charge is 0.298 e. The summed E-state index contributed by atoms with van der Waals surface area (Å²) in [5.74, 6) is 0. The van der Waals surface area contributed by atoms with Crippen LogP contribution in [-0.2, 0) is 0 Å². The monoisotopic (exact) mass is 270 g/mol. The molecule has 2 aliphatic rings. The number of rotatable bonds is 1. The zero-order chi connectivity index (χ0) is 13.6. The first-order chi connectivity index (χ1) is 8.12. The molecule has 2 nitrogen and oxygen atoms in total. The Labute approximate surface area is 119 Å². The van der Waals surface area contributed by atoms with Crippen LogP contribution in [0.25, 0.3) is 0 Å². The lowest BCUT2D eigenvalue weighted by Crippen LogP contribution is -2.50. The highest BCUT2D eigenvalue weighted by molar-refractivity contribution is 7.81. The molecule has 0 radical (unpaired) electrons. The van der Waals surface area contributed by atoms with Gasteiger partial charge in [0.2, 0.25) is 0 Å². The second-order valence-electron chi connectivity index (χ2n) is 7.82. The van der Waals surface area contributed by atoms with Crippen molar-refractivity contribution in [2.45, 2.75) is 64.3 Å². The molecule has 0 aromatic rings. The summed E-state index contributed by atoms with van der Waals surface area (Å²) in [5, 5.41) is 0. The van der Waals surface area contributed by atoms with Gasteiger partial charge in [-0.15, -0.1) is 0 Å². The Bertz CT molecular complexity index is 293. The Morgan fingerprint density at radius 3 is 1.61 bits per heavy atom. The summed E-state index contributed by atoms with van der Waals surface area (Å²) >= 11 is 4.73. The van der Waals surface area contributed by atoms with Crippen LogP contribution in [0.1, 0.15) is 53.9 Å². The first-order valence-electron chi connectivity index (χ1n) is 7.35. The molecule has 0 unspecified atom stereocenters. The van der Waals surface area contributed by atoms with Gasteiger partial charge in [-0.3, -0.25) is 9.80 Å². The molecule has 0 saturated carbocycles. The van der Waals surface area contributed by atoms with E-state index in [0.29, 0.717) is 11.0 Å². The fourth-order valence-electron chi connectivity index (χ4n) is 3.46. The highest BCUT2D eigenvalue weighted by Crippen LogP contribution is 2.44. The predicted octanol–water partition coefficient (Wildman–Crippen LogP) is 3.24. The van der Waals surface area contributed by atoms with Gasteiger partial charge in [0.1, 0.15) is 0 Å². The second-order valence-corrected chi connectivity index (χ2v) is 8.92. The van der Waals surface area contributed by atoms with E-state index in [-0.39, 0.29) is 4.87 Å². The van der Waals surface area contributed by atoms with Crippen molar-refractivity contribution in [3.8, 4) is 0 Å². The van der Waals surface area contributed by atoms with Gasteiger partial charge in [0, 0.05) is 18.6 Å². The molecule has 2 rings (SSSR count). The van der Waals surface area contributed by atoms with Crippen LogP contribution in [0.4, 0.5) is 0 Å². The van der Waals surface area contributed by atoms with E-state index in [1.165, 1.54) is 45.4 Å². The van der Waals surface area contributed by atoms with E-state index in [1.54, 1.807) is 0 Å². The van der Waals surface area contributed by atoms with Crippen molar-refractivity contribution >= 4 is 12.6 Å². The molecule has 1 spiro atoms.